The van der Waals surface area contributed by atoms with Crippen LogP contribution in [-0.2, 0) is 6.42 Å². The van der Waals surface area contributed by atoms with Crippen molar-refractivity contribution < 1.29 is 4.79 Å². The molecule has 3 rings (SSSR count). The van der Waals surface area contributed by atoms with Gasteiger partial charge in [-0.1, -0.05) is 24.3 Å². The number of amides is 1. The molecule has 5 heteroatoms. The fraction of sp³-hybridized carbons (Fsp3) is 0.333. The van der Waals surface area contributed by atoms with Gasteiger partial charge in [0.1, 0.15) is 0 Å². The number of benzene rings is 1. The van der Waals surface area contributed by atoms with Crippen molar-refractivity contribution in [3.05, 3.63) is 51.3 Å². The number of carbonyl (C=O) groups is 1. The number of rotatable bonds is 2. The van der Waals surface area contributed by atoms with E-state index >= 15 is 0 Å². The normalized spacial score (nSPS) is 17.1. The number of halogens is 1. The molecule has 0 spiro atoms. The highest BCUT2D eigenvalue weighted by Gasteiger charge is 2.30. The molecule has 0 saturated carbocycles. The standard InChI is InChI=1S/C15H16BrN3O/c1-9-13(16)14(18-17-9)15(20)19(2)12-8-7-10-5-3-4-6-11(10)12/h3-6,12H,7-8H2,1-2H3,(H,17,18)/t12-/m0/s1. The lowest BCUT2D eigenvalue weighted by Gasteiger charge is -2.24. The summed E-state index contributed by atoms with van der Waals surface area (Å²) >= 11 is 3.42. The molecule has 1 heterocycles. The Balaban J connectivity index is 1.89. The van der Waals surface area contributed by atoms with Crippen molar-refractivity contribution in [2.75, 3.05) is 7.05 Å². The van der Waals surface area contributed by atoms with Gasteiger partial charge in [0.15, 0.2) is 5.69 Å². The van der Waals surface area contributed by atoms with Gasteiger partial charge in [0.25, 0.3) is 5.91 Å². The van der Waals surface area contributed by atoms with Crippen LogP contribution in [0, 0.1) is 6.92 Å². The number of nitrogens with one attached hydrogen (secondary N) is 1. The first-order valence-electron chi connectivity index (χ1n) is 6.65. The molecule has 0 bridgehead atoms. The van der Waals surface area contributed by atoms with Crippen LogP contribution in [0.4, 0.5) is 0 Å². The summed E-state index contributed by atoms with van der Waals surface area (Å²) in [5.41, 5.74) is 3.92. The molecule has 1 amide bonds. The SMILES string of the molecule is Cc1[nH]nc(C(=O)N(C)[C@H]2CCc3ccccc32)c1Br. The zero-order valence-electron chi connectivity index (χ0n) is 11.5. The van der Waals surface area contributed by atoms with Crippen LogP contribution in [0.3, 0.4) is 0 Å². The Morgan fingerprint density at radius 2 is 2.20 bits per heavy atom. The van der Waals surface area contributed by atoms with E-state index in [9.17, 15) is 4.79 Å². The highest BCUT2D eigenvalue weighted by atomic mass is 79.9. The van der Waals surface area contributed by atoms with Crippen LogP contribution in [0.1, 0.15) is 39.8 Å². The molecular weight excluding hydrogens is 318 g/mol. The first kappa shape index (κ1) is 13.4. The second-order valence-corrected chi connectivity index (χ2v) is 5.97. The van der Waals surface area contributed by atoms with Gasteiger partial charge in [0.05, 0.1) is 10.5 Å². The predicted octanol–water partition coefficient (Wildman–Crippen LogP) is 3.24. The van der Waals surface area contributed by atoms with E-state index in [1.165, 1.54) is 11.1 Å². The maximum atomic E-state index is 12.6. The van der Waals surface area contributed by atoms with Crippen LogP contribution < -0.4 is 0 Å². The minimum absolute atomic E-state index is 0.0528. The zero-order valence-corrected chi connectivity index (χ0v) is 13.1. The number of hydrogen-bond acceptors (Lipinski definition) is 2. The Bertz CT molecular complexity index is 665. The molecule has 1 aromatic heterocycles. The van der Waals surface area contributed by atoms with E-state index in [1.807, 2.05) is 20.0 Å². The van der Waals surface area contributed by atoms with Crippen LogP contribution >= 0.6 is 15.9 Å². The van der Waals surface area contributed by atoms with Crippen molar-refractivity contribution in [2.24, 2.45) is 0 Å². The van der Waals surface area contributed by atoms with E-state index in [4.69, 9.17) is 0 Å². The molecular formula is C15H16BrN3O. The molecule has 0 radical (unpaired) electrons. The third-order valence-corrected chi connectivity index (χ3v) is 4.93. The fourth-order valence-corrected chi connectivity index (χ4v) is 3.15. The molecule has 20 heavy (non-hydrogen) atoms. The third-order valence-electron chi connectivity index (χ3n) is 3.96. The number of nitrogens with zero attached hydrogens (tertiary/aromatic N) is 2. The summed E-state index contributed by atoms with van der Waals surface area (Å²) in [7, 11) is 1.85. The van der Waals surface area contributed by atoms with E-state index in [-0.39, 0.29) is 11.9 Å². The summed E-state index contributed by atoms with van der Waals surface area (Å²) in [6.45, 7) is 1.89. The van der Waals surface area contributed by atoms with Crippen molar-refractivity contribution in [1.82, 2.24) is 15.1 Å². The minimum Gasteiger partial charge on any atom is -0.333 e. The number of aryl methyl sites for hydroxylation is 2. The summed E-state index contributed by atoms with van der Waals surface area (Å²) in [5.74, 6) is -0.0528. The topological polar surface area (TPSA) is 49.0 Å². The maximum Gasteiger partial charge on any atom is 0.275 e. The second kappa shape index (κ2) is 5.05. The lowest BCUT2D eigenvalue weighted by atomic mass is 10.1. The monoisotopic (exact) mass is 333 g/mol. The Hall–Kier alpha value is -1.62. The third kappa shape index (κ3) is 2.06. The van der Waals surface area contributed by atoms with Crippen LogP contribution in [-0.4, -0.2) is 28.1 Å². The average molecular weight is 334 g/mol. The fourth-order valence-electron chi connectivity index (χ4n) is 2.80. The molecule has 0 aliphatic heterocycles. The van der Waals surface area contributed by atoms with Crippen molar-refractivity contribution in [3.63, 3.8) is 0 Å². The van der Waals surface area contributed by atoms with Crippen molar-refractivity contribution in [1.29, 1.82) is 0 Å². The Kier molecular flexibility index (Phi) is 3.38. The van der Waals surface area contributed by atoms with Gasteiger partial charge >= 0.3 is 0 Å². The smallest absolute Gasteiger partial charge is 0.275 e. The molecule has 104 valence electrons. The predicted molar refractivity (Wildman–Crippen MR) is 80.6 cm³/mol. The Morgan fingerprint density at radius 3 is 2.90 bits per heavy atom. The minimum atomic E-state index is -0.0528. The van der Waals surface area contributed by atoms with Crippen LogP contribution in [0.15, 0.2) is 28.7 Å². The Morgan fingerprint density at radius 1 is 1.45 bits per heavy atom. The molecule has 0 fully saturated rings. The first-order chi connectivity index (χ1) is 9.59. The first-order valence-corrected chi connectivity index (χ1v) is 7.44. The molecule has 1 atom stereocenters. The summed E-state index contributed by atoms with van der Waals surface area (Å²) in [4.78, 5) is 14.4. The van der Waals surface area contributed by atoms with Gasteiger partial charge in [-0.25, -0.2) is 0 Å². The lowest BCUT2D eigenvalue weighted by Crippen LogP contribution is -2.30. The number of aromatic amines is 1. The van der Waals surface area contributed by atoms with Gasteiger partial charge in [-0.15, -0.1) is 0 Å². The van der Waals surface area contributed by atoms with Gasteiger partial charge in [0, 0.05) is 12.7 Å². The van der Waals surface area contributed by atoms with Gasteiger partial charge in [0.2, 0.25) is 0 Å². The van der Waals surface area contributed by atoms with E-state index in [0.29, 0.717) is 5.69 Å². The summed E-state index contributed by atoms with van der Waals surface area (Å²) in [6, 6.07) is 8.48. The van der Waals surface area contributed by atoms with E-state index in [0.717, 1.165) is 23.0 Å². The van der Waals surface area contributed by atoms with Gasteiger partial charge < -0.3 is 4.90 Å². The van der Waals surface area contributed by atoms with Gasteiger partial charge in [-0.05, 0) is 46.8 Å². The average Bonchev–Trinajstić information content (AvgIpc) is 3.02. The Labute approximate surface area is 126 Å². The van der Waals surface area contributed by atoms with Crippen LogP contribution in [0.2, 0.25) is 0 Å². The van der Waals surface area contributed by atoms with E-state index < -0.39 is 0 Å². The van der Waals surface area contributed by atoms with Crippen molar-refractivity contribution in [3.8, 4) is 0 Å². The number of carbonyl (C=O) groups excluding carboxylic acids is 1. The quantitative estimate of drug-likeness (QED) is 0.917. The van der Waals surface area contributed by atoms with Crippen molar-refractivity contribution in [2.45, 2.75) is 25.8 Å². The maximum absolute atomic E-state index is 12.6. The highest BCUT2D eigenvalue weighted by Crippen LogP contribution is 2.35. The number of aromatic nitrogens is 2. The molecule has 0 unspecified atom stereocenters. The van der Waals surface area contributed by atoms with Crippen molar-refractivity contribution >= 4 is 21.8 Å². The second-order valence-electron chi connectivity index (χ2n) is 5.18. The zero-order chi connectivity index (χ0) is 14.3. The molecule has 4 nitrogen and oxygen atoms in total. The molecule has 1 aliphatic rings. The van der Waals surface area contributed by atoms with Gasteiger partial charge in [-0.3, -0.25) is 9.89 Å². The number of fused-ring (bicyclic) bond motifs is 1. The molecule has 0 saturated heterocycles. The summed E-state index contributed by atoms with van der Waals surface area (Å²) in [5, 5.41) is 6.94. The van der Waals surface area contributed by atoms with Crippen LogP contribution in [0.5, 0.6) is 0 Å². The largest absolute Gasteiger partial charge is 0.333 e. The number of hydrogen-bond donors (Lipinski definition) is 1. The van der Waals surface area contributed by atoms with E-state index in [2.05, 4.69) is 44.3 Å². The summed E-state index contributed by atoms with van der Waals surface area (Å²) < 4.78 is 0.751. The molecule has 1 N–H and O–H groups in total. The van der Waals surface area contributed by atoms with Crippen LogP contribution in [0.25, 0.3) is 0 Å². The van der Waals surface area contributed by atoms with E-state index in [1.54, 1.807) is 4.90 Å². The van der Waals surface area contributed by atoms with Gasteiger partial charge in [-0.2, -0.15) is 5.10 Å². The summed E-state index contributed by atoms with van der Waals surface area (Å²) in [6.07, 6.45) is 2.00. The lowest BCUT2D eigenvalue weighted by molar-refractivity contribution is 0.0723. The molecule has 1 aliphatic carbocycles. The molecule has 1 aromatic carbocycles. The molecule has 2 aromatic rings. The highest BCUT2D eigenvalue weighted by molar-refractivity contribution is 9.10. The number of H-pyrrole nitrogens is 1.